The van der Waals surface area contributed by atoms with Crippen LogP contribution in [-0.2, 0) is 19.1 Å². The number of carbonyl (C=O) groups is 2. The first-order chi connectivity index (χ1) is 12.5. The van der Waals surface area contributed by atoms with E-state index in [0.717, 1.165) is 23.1 Å². The lowest BCUT2D eigenvalue weighted by molar-refractivity contribution is -0.140. The second kappa shape index (κ2) is 7.21. The summed E-state index contributed by atoms with van der Waals surface area (Å²) in [5.74, 6) is 5.25. The van der Waals surface area contributed by atoms with E-state index >= 15 is 0 Å². The molecule has 0 saturated heterocycles. The fourth-order valence-electron chi connectivity index (χ4n) is 4.14. The predicted molar refractivity (Wildman–Crippen MR) is 97.8 cm³/mol. The molecule has 1 aromatic carbocycles. The van der Waals surface area contributed by atoms with Gasteiger partial charge in [0, 0.05) is 23.3 Å². The van der Waals surface area contributed by atoms with Crippen LogP contribution in [-0.4, -0.2) is 26.2 Å². The van der Waals surface area contributed by atoms with E-state index in [0.29, 0.717) is 11.1 Å². The first-order valence-corrected chi connectivity index (χ1v) is 8.64. The number of methoxy groups -OCH3 is 2. The SMILES string of the molecule is COC(=O)C1=C(C(=O)OC)C2C(=C(C)C)C1CC2C#Cc1ccccc1. The van der Waals surface area contributed by atoms with Gasteiger partial charge in [0.1, 0.15) is 0 Å². The third-order valence-electron chi connectivity index (χ3n) is 5.12. The van der Waals surface area contributed by atoms with Crippen LogP contribution in [0.4, 0.5) is 0 Å². The Bertz CT molecular complexity index is 860. The summed E-state index contributed by atoms with van der Waals surface area (Å²) in [6.07, 6.45) is 0.718. The number of allylic oxidation sites excluding steroid dienone is 2. The summed E-state index contributed by atoms with van der Waals surface area (Å²) in [5.41, 5.74) is 4.02. The van der Waals surface area contributed by atoms with Gasteiger partial charge in [0.2, 0.25) is 0 Å². The minimum atomic E-state index is -0.470. The number of rotatable bonds is 2. The molecule has 4 nitrogen and oxygen atoms in total. The van der Waals surface area contributed by atoms with Gasteiger partial charge in [-0.2, -0.15) is 0 Å². The summed E-state index contributed by atoms with van der Waals surface area (Å²) < 4.78 is 9.92. The van der Waals surface area contributed by atoms with Crippen molar-refractivity contribution in [3.8, 4) is 11.8 Å². The van der Waals surface area contributed by atoms with Crippen LogP contribution in [0.2, 0.25) is 0 Å². The van der Waals surface area contributed by atoms with Gasteiger partial charge in [0.05, 0.1) is 25.4 Å². The molecule has 2 aliphatic rings. The van der Waals surface area contributed by atoms with E-state index < -0.39 is 11.9 Å². The van der Waals surface area contributed by atoms with E-state index in [4.69, 9.17) is 9.47 Å². The van der Waals surface area contributed by atoms with Crippen LogP contribution in [0.5, 0.6) is 0 Å². The van der Waals surface area contributed by atoms with Crippen molar-refractivity contribution in [1.29, 1.82) is 0 Å². The van der Waals surface area contributed by atoms with Crippen LogP contribution in [0.1, 0.15) is 25.8 Å². The summed E-state index contributed by atoms with van der Waals surface area (Å²) in [5, 5.41) is 0. The monoisotopic (exact) mass is 350 g/mol. The second-order valence-electron chi connectivity index (χ2n) is 6.77. The molecule has 2 bridgehead atoms. The number of benzene rings is 1. The Morgan fingerprint density at radius 3 is 2.19 bits per heavy atom. The Balaban J connectivity index is 2.07. The zero-order chi connectivity index (χ0) is 18.8. The van der Waals surface area contributed by atoms with Crippen molar-refractivity contribution in [2.24, 2.45) is 17.8 Å². The molecule has 0 N–H and O–H groups in total. The normalized spacial score (nSPS) is 23.4. The molecule has 3 rings (SSSR count). The molecule has 0 radical (unpaired) electrons. The highest BCUT2D eigenvalue weighted by Gasteiger charge is 2.54. The summed E-state index contributed by atoms with van der Waals surface area (Å²) >= 11 is 0. The lowest BCUT2D eigenvalue weighted by atomic mass is 9.83. The van der Waals surface area contributed by atoms with Crippen molar-refractivity contribution in [1.82, 2.24) is 0 Å². The molecule has 0 spiro atoms. The van der Waals surface area contributed by atoms with E-state index in [2.05, 4.69) is 11.8 Å². The van der Waals surface area contributed by atoms with E-state index in [-0.39, 0.29) is 17.8 Å². The zero-order valence-corrected chi connectivity index (χ0v) is 15.5. The molecular formula is C22H22O4. The maximum absolute atomic E-state index is 12.5. The average Bonchev–Trinajstić information content (AvgIpc) is 3.19. The van der Waals surface area contributed by atoms with E-state index in [1.807, 2.05) is 44.2 Å². The molecule has 134 valence electrons. The maximum atomic E-state index is 12.5. The molecule has 2 aliphatic carbocycles. The Morgan fingerprint density at radius 1 is 1.00 bits per heavy atom. The van der Waals surface area contributed by atoms with Crippen molar-refractivity contribution in [2.45, 2.75) is 20.3 Å². The van der Waals surface area contributed by atoms with Crippen LogP contribution < -0.4 is 0 Å². The van der Waals surface area contributed by atoms with Crippen molar-refractivity contribution in [2.75, 3.05) is 14.2 Å². The lowest BCUT2D eigenvalue weighted by Gasteiger charge is -2.20. The van der Waals surface area contributed by atoms with Crippen LogP contribution >= 0.6 is 0 Å². The number of carbonyl (C=O) groups excluding carboxylic acids is 2. The highest BCUT2D eigenvalue weighted by atomic mass is 16.5. The van der Waals surface area contributed by atoms with Crippen LogP contribution in [0.3, 0.4) is 0 Å². The fourth-order valence-corrected chi connectivity index (χ4v) is 4.14. The van der Waals surface area contributed by atoms with Gasteiger partial charge in [0.15, 0.2) is 0 Å². The molecule has 1 fully saturated rings. The predicted octanol–water partition coefficient (Wildman–Crippen LogP) is 3.28. The average molecular weight is 350 g/mol. The zero-order valence-electron chi connectivity index (χ0n) is 15.5. The van der Waals surface area contributed by atoms with Gasteiger partial charge in [-0.25, -0.2) is 9.59 Å². The van der Waals surface area contributed by atoms with Crippen LogP contribution in [0.25, 0.3) is 0 Å². The summed E-state index contributed by atoms with van der Waals surface area (Å²) in [6.45, 7) is 4.02. The quantitative estimate of drug-likeness (QED) is 0.467. The maximum Gasteiger partial charge on any atom is 0.334 e. The standard InChI is InChI=1S/C22H22O4/c1-13(2)17-16-12-15(11-10-14-8-6-5-7-9-14)18(17)20(22(24)26-4)19(16)21(23)25-3/h5-9,15-16,18H,12H2,1-4H3. The van der Waals surface area contributed by atoms with Crippen molar-refractivity contribution in [3.63, 3.8) is 0 Å². The van der Waals surface area contributed by atoms with Gasteiger partial charge in [0.25, 0.3) is 0 Å². The molecule has 0 aromatic heterocycles. The van der Waals surface area contributed by atoms with E-state index in [9.17, 15) is 9.59 Å². The Hall–Kier alpha value is -2.80. The molecular weight excluding hydrogens is 328 g/mol. The van der Waals surface area contributed by atoms with Crippen LogP contribution in [0, 0.1) is 29.6 Å². The molecule has 1 aromatic rings. The highest BCUT2D eigenvalue weighted by Crippen LogP contribution is 2.56. The molecule has 3 unspecified atom stereocenters. The third kappa shape index (κ3) is 2.94. The lowest BCUT2D eigenvalue weighted by Crippen LogP contribution is -2.24. The highest BCUT2D eigenvalue weighted by molar-refractivity contribution is 6.04. The first-order valence-electron chi connectivity index (χ1n) is 8.64. The van der Waals surface area contributed by atoms with Crippen molar-refractivity contribution < 1.29 is 19.1 Å². The van der Waals surface area contributed by atoms with Gasteiger partial charge in [-0.05, 0) is 32.4 Å². The van der Waals surface area contributed by atoms with Gasteiger partial charge in [-0.1, -0.05) is 41.2 Å². The van der Waals surface area contributed by atoms with Gasteiger partial charge >= 0.3 is 11.9 Å². The first kappa shape index (κ1) is 18.0. The van der Waals surface area contributed by atoms with E-state index in [1.165, 1.54) is 14.2 Å². The third-order valence-corrected chi connectivity index (χ3v) is 5.12. The molecule has 1 saturated carbocycles. The Morgan fingerprint density at radius 2 is 1.62 bits per heavy atom. The number of hydrogen-bond acceptors (Lipinski definition) is 4. The van der Waals surface area contributed by atoms with E-state index in [1.54, 1.807) is 0 Å². The molecule has 26 heavy (non-hydrogen) atoms. The molecule has 0 heterocycles. The van der Waals surface area contributed by atoms with Gasteiger partial charge in [-0.3, -0.25) is 0 Å². The van der Waals surface area contributed by atoms with Crippen molar-refractivity contribution in [3.05, 3.63) is 58.2 Å². The largest absolute Gasteiger partial charge is 0.466 e. The number of fused-ring (bicyclic) bond motifs is 2. The van der Waals surface area contributed by atoms with Crippen molar-refractivity contribution >= 4 is 11.9 Å². The van der Waals surface area contributed by atoms with Gasteiger partial charge in [-0.15, -0.1) is 0 Å². The smallest absolute Gasteiger partial charge is 0.334 e. The molecule has 0 aliphatic heterocycles. The van der Waals surface area contributed by atoms with Gasteiger partial charge < -0.3 is 9.47 Å². The van der Waals surface area contributed by atoms with Crippen LogP contribution in [0.15, 0.2) is 52.6 Å². The minimum absolute atomic E-state index is 0.0207. The minimum Gasteiger partial charge on any atom is -0.466 e. The second-order valence-corrected chi connectivity index (χ2v) is 6.77. The number of esters is 2. The number of ether oxygens (including phenoxy) is 2. The Labute approximate surface area is 153 Å². The summed E-state index contributed by atoms with van der Waals surface area (Å²) in [7, 11) is 2.67. The fraction of sp³-hybridized carbons (Fsp3) is 0.364. The molecule has 0 amide bonds. The molecule has 4 heteroatoms. The molecule has 3 atom stereocenters. The summed E-state index contributed by atoms with van der Waals surface area (Å²) in [4.78, 5) is 24.8. The summed E-state index contributed by atoms with van der Waals surface area (Å²) in [6, 6.07) is 9.76. The Kier molecular flexibility index (Phi) is 4.99. The topological polar surface area (TPSA) is 52.6 Å². The number of hydrogen-bond donors (Lipinski definition) is 0.